The molecule has 250 valence electrons. The number of hydrogen-bond donors (Lipinski definition) is 0. The van der Waals surface area contributed by atoms with Crippen LogP contribution < -0.4 is 0 Å². The van der Waals surface area contributed by atoms with Crippen LogP contribution in [0.1, 0.15) is 128 Å². The van der Waals surface area contributed by atoms with Gasteiger partial charge in [-0.25, -0.2) is 0 Å². The molecule has 44 heavy (non-hydrogen) atoms. The van der Waals surface area contributed by atoms with Gasteiger partial charge in [0.05, 0.1) is 48.1 Å². The molecule has 0 unspecified atom stereocenters. The van der Waals surface area contributed by atoms with Gasteiger partial charge in [0, 0.05) is 11.8 Å². The average molecular weight is 621 g/mol. The van der Waals surface area contributed by atoms with E-state index in [-0.39, 0.29) is 33.5 Å². The molecule has 10 nitrogen and oxygen atoms in total. The first-order valence-electron chi connectivity index (χ1n) is 17.7. The highest BCUT2D eigenvalue weighted by atomic mass is 16.6. The van der Waals surface area contributed by atoms with E-state index in [1.807, 2.05) is 0 Å². The van der Waals surface area contributed by atoms with Crippen LogP contribution in [0.5, 0.6) is 0 Å². The van der Waals surface area contributed by atoms with Crippen LogP contribution in [0.2, 0.25) is 0 Å². The first kappa shape index (κ1) is 34.7. The second kappa shape index (κ2) is 19.3. The lowest BCUT2D eigenvalue weighted by Gasteiger charge is -2.27. The van der Waals surface area contributed by atoms with Gasteiger partial charge in [0.2, 0.25) is 0 Å². The fourth-order valence-corrected chi connectivity index (χ4v) is 7.91. The highest BCUT2D eigenvalue weighted by Gasteiger charge is 2.37. The van der Waals surface area contributed by atoms with Gasteiger partial charge in [0.25, 0.3) is 11.4 Å². The SMILES string of the molecule is O=[N+]([O-])C(=C(OCCOCCOCCOC(=C(C1CCCCC1)[N+](=O)[O-])C1CCCCC1)C1CCCCC1)C1CCCCC1. The molecule has 10 heteroatoms. The molecule has 4 aliphatic rings. The van der Waals surface area contributed by atoms with Gasteiger partial charge in [-0.2, -0.15) is 0 Å². The summed E-state index contributed by atoms with van der Waals surface area (Å²) in [6.07, 6.45) is 20.6. The minimum atomic E-state index is -0.171. The van der Waals surface area contributed by atoms with Crippen LogP contribution in [0.3, 0.4) is 0 Å². The summed E-state index contributed by atoms with van der Waals surface area (Å²) >= 11 is 0. The maximum Gasteiger partial charge on any atom is 0.286 e. The van der Waals surface area contributed by atoms with Gasteiger partial charge in [-0.1, -0.05) is 77.0 Å². The molecule has 0 amide bonds. The molecule has 0 N–H and O–H groups in total. The maximum atomic E-state index is 12.2. The van der Waals surface area contributed by atoms with Crippen molar-refractivity contribution < 1.29 is 28.8 Å². The Labute approximate surface area is 263 Å². The van der Waals surface area contributed by atoms with Crippen molar-refractivity contribution in [1.82, 2.24) is 0 Å². The monoisotopic (exact) mass is 620 g/mol. The Bertz CT molecular complexity index is 867. The predicted molar refractivity (Wildman–Crippen MR) is 168 cm³/mol. The van der Waals surface area contributed by atoms with Gasteiger partial charge in [0.15, 0.2) is 11.5 Å². The first-order valence-corrected chi connectivity index (χ1v) is 17.7. The topological polar surface area (TPSA) is 123 Å². The van der Waals surface area contributed by atoms with Gasteiger partial charge in [-0.05, 0) is 51.4 Å². The summed E-state index contributed by atoms with van der Waals surface area (Å²) in [4.78, 5) is 24.1. The fourth-order valence-electron chi connectivity index (χ4n) is 7.91. The van der Waals surface area contributed by atoms with Crippen molar-refractivity contribution >= 4 is 0 Å². The van der Waals surface area contributed by atoms with Crippen molar-refractivity contribution in [3.63, 3.8) is 0 Å². The lowest BCUT2D eigenvalue weighted by Crippen LogP contribution is -2.24. The van der Waals surface area contributed by atoms with E-state index in [9.17, 15) is 20.2 Å². The molecule has 4 fully saturated rings. The Kier molecular flexibility index (Phi) is 15.2. The van der Waals surface area contributed by atoms with Crippen molar-refractivity contribution in [2.45, 2.75) is 128 Å². The molecule has 4 rings (SSSR count). The van der Waals surface area contributed by atoms with E-state index >= 15 is 0 Å². The number of nitrogens with zero attached hydrogens (tertiary/aromatic N) is 2. The molecule has 4 saturated carbocycles. The van der Waals surface area contributed by atoms with Crippen LogP contribution in [0.4, 0.5) is 0 Å². The third kappa shape index (κ3) is 10.7. The van der Waals surface area contributed by atoms with E-state index < -0.39 is 0 Å². The van der Waals surface area contributed by atoms with Gasteiger partial charge in [-0.15, -0.1) is 0 Å². The molecule has 0 heterocycles. The Balaban J connectivity index is 1.21. The number of hydrogen-bond acceptors (Lipinski definition) is 8. The summed E-state index contributed by atoms with van der Waals surface area (Å²) in [6.45, 7) is 2.02. The molecule has 0 bridgehead atoms. The van der Waals surface area contributed by atoms with Crippen LogP contribution in [-0.4, -0.2) is 49.5 Å². The Morgan fingerprint density at radius 1 is 0.432 bits per heavy atom. The van der Waals surface area contributed by atoms with Crippen LogP contribution in [0, 0.1) is 43.9 Å². The van der Waals surface area contributed by atoms with Crippen LogP contribution in [0.15, 0.2) is 22.9 Å². The molecule has 4 aliphatic carbocycles. The summed E-state index contributed by atoms with van der Waals surface area (Å²) in [5.41, 5.74) is 0.649. The average Bonchev–Trinajstić information content (AvgIpc) is 3.05. The summed E-state index contributed by atoms with van der Waals surface area (Å²) in [7, 11) is 0. The smallest absolute Gasteiger partial charge is 0.286 e. The van der Waals surface area contributed by atoms with Crippen molar-refractivity contribution in [3.8, 4) is 0 Å². The summed E-state index contributed by atoms with van der Waals surface area (Å²) in [6, 6.07) is 0. The summed E-state index contributed by atoms with van der Waals surface area (Å²) < 4.78 is 23.8. The van der Waals surface area contributed by atoms with Crippen LogP contribution in [0.25, 0.3) is 0 Å². The highest BCUT2D eigenvalue weighted by Crippen LogP contribution is 2.39. The number of nitro groups is 2. The van der Waals surface area contributed by atoms with E-state index in [0.717, 1.165) is 116 Å². The largest absolute Gasteiger partial charge is 0.488 e. The number of allylic oxidation sites excluding steroid dienone is 4. The Hall–Kier alpha value is -2.20. The molecule has 0 aliphatic heterocycles. The quantitative estimate of drug-likeness (QED) is 0.0688. The second-order valence-corrected chi connectivity index (χ2v) is 13.3. The fraction of sp³-hybridized carbons (Fsp3) is 0.882. The molecule has 0 atom stereocenters. The first-order chi connectivity index (χ1) is 21.6. The highest BCUT2D eigenvalue weighted by molar-refractivity contribution is 5.11. The van der Waals surface area contributed by atoms with E-state index in [1.54, 1.807) is 0 Å². The van der Waals surface area contributed by atoms with E-state index in [1.165, 1.54) is 12.8 Å². The number of ether oxygens (including phenoxy) is 4. The minimum absolute atomic E-state index is 0.00946. The standard InChI is InChI=1S/C34H56N2O8/c37-35(38)31(27-13-5-1-6-14-27)33(29-17-9-3-10-18-29)43-25-23-41-21-22-42-24-26-44-34(30-19-11-4-12-20-30)32(36(39)40)28-15-7-2-8-16-28/h27-30H,1-26H2. The Morgan fingerprint density at radius 3 is 1.00 bits per heavy atom. The third-order valence-corrected chi connectivity index (χ3v) is 10.2. The second-order valence-electron chi connectivity index (χ2n) is 13.3. The van der Waals surface area contributed by atoms with Crippen LogP contribution in [-0.2, 0) is 18.9 Å². The normalized spacial score (nSPS) is 22.6. The molecule has 0 radical (unpaired) electrons. The molecule has 0 aromatic rings. The maximum absolute atomic E-state index is 12.2. The van der Waals surface area contributed by atoms with E-state index in [2.05, 4.69) is 0 Å². The van der Waals surface area contributed by atoms with Gasteiger partial charge in [0.1, 0.15) is 13.2 Å². The molecular weight excluding hydrogens is 564 g/mol. The molecular formula is C34H56N2O8. The molecule has 0 aromatic heterocycles. The lowest BCUT2D eigenvalue weighted by atomic mass is 9.82. The van der Waals surface area contributed by atoms with E-state index in [0.29, 0.717) is 62.6 Å². The molecule has 0 saturated heterocycles. The summed E-state index contributed by atoms with van der Waals surface area (Å²) in [5, 5.41) is 24.4. The van der Waals surface area contributed by atoms with Crippen molar-refractivity contribution in [2.75, 3.05) is 39.6 Å². The minimum Gasteiger partial charge on any atom is -0.488 e. The van der Waals surface area contributed by atoms with Crippen molar-refractivity contribution in [2.24, 2.45) is 23.7 Å². The predicted octanol–water partition coefficient (Wildman–Crippen LogP) is 8.35. The number of rotatable bonds is 17. The van der Waals surface area contributed by atoms with Gasteiger partial charge < -0.3 is 18.9 Å². The molecule has 0 spiro atoms. The lowest BCUT2D eigenvalue weighted by molar-refractivity contribution is -0.438. The zero-order chi connectivity index (χ0) is 31.0. The summed E-state index contributed by atoms with van der Waals surface area (Å²) in [5.74, 6) is 1.48. The zero-order valence-corrected chi connectivity index (χ0v) is 26.9. The van der Waals surface area contributed by atoms with Crippen LogP contribution >= 0.6 is 0 Å². The van der Waals surface area contributed by atoms with E-state index in [4.69, 9.17) is 18.9 Å². The van der Waals surface area contributed by atoms with Crippen molar-refractivity contribution in [3.05, 3.63) is 43.1 Å². The van der Waals surface area contributed by atoms with Crippen molar-refractivity contribution in [1.29, 1.82) is 0 Å². The van der Waals surface area contributed by atoms with Gasteiger partial charge >= 0.3 is 0 Å². The molecule has 0 aromatic carbocycles. The zero-order valence-electron chi connectivity index (χ0n) is 26.9. The van der Waals surface area contributed by atoms with Gasteiger partial charge in [-0.3, -0.25) is 20.2 Å². The third-order valence-electron chi connectivity index (χ3n) is 10.2. The Morgan fingerprint density at radius 2 is 0.705 bits per heavy atom.